The number of hydrogen-bond acceptors (Lipinski definition) is 4. The topological polar surface area (TPSA) is 69.7 Å². The Labute approximate surface area is 158 Å². The van der Waals surface area contributed by atoms with Crippen LogP contribution in [0.5, 0.6) is 0 Å². The Morgan fingerprint density at radius 2 is 1.62 bits per heavy atom. The Hall–Kier alpha value is -1.44. The number of hydrogen-bond donors (Lipinski definition) is 1. The highest BCUT2D eigenvalue weighted by Gasteiger charge is 2.18. The lowest BCUT2D eigenvalue weighted by Gasteiger charge is -2.22. The van der Waals surface area contributed by atoms with E-state index in [-0.39, 0.29) is 22.8 Å². The van der Waals surface area contributed by atoms with Crippen LogP contribution < -0.4 is 4.72 Å². The molecule has 0 bridgehead atoms. The molecule has 1 aromatic carbocycles. The van der Waals surface area contributed by atoms with Gasteiger partial charge in [0.1, 0.15) is 0 Å². The average molecular weight is 384 g/mol. The molecule has 1 aromatic rings. The molecule has 0 fully saturated rings. The van der Waals surface area contributed by atoms with Gasteiger partial charge >= 0.3 is 0 Å². The van der Waals surface area contributed by atoms with Crippen LogP contribution in [0.1, 0.15) is 39.7 Å². The zero-order chi connectivity index (χ0) is 20.0. The van der Waals surface area contributed by atoms with Gasteiger partial charge in [0.05, 0.1) is 4.90 Å². The van der Waals surface area contributed by atoms with E-state index in [0.29, 0.717) is 13.1 Å². The minimum atomic E-state index is -3.57. The van der Waals surface area contributed by atoms with E-state index in [1.54, 1.807) is 17.0 Å². The second-order valence-corrected chi connectivity index (χ2v) is 9.60. The van der Waals surface area contributed by atoms with Crippen LogP contribution in [0.4, 0.5) is 0 Å². The van der Waals surface area contributed by atoms with Crippen molar-refractivity contribution in [3.63, 3.8) is 0 Å². The van der Waals surface area contributed by atoms with Gasteiger partial charge < -0.3 is 9.80 Å². The van der Waals surface area contributed by atoms with Crippen molar-refractivity contribution in [2.45, 2.75) is 44.4 Å². The maximum Gasteiger partial charge on any atom is 0.240 e. The lowest BCUT2D eigenvalue weighted by Crippen LogP contribution is -2.38. The maximum absolute atomic E-state index is 12.4. The lowest BCUT2D eigenvalue weighted by molar-refractivity contribution is -0.128. The van der Waals surface area contributed by atoms with Crippen LogP contribution >= 0.6 is 0 Å². The number of rotatable bonds is 9. The number of nitrogens with one attached hydrogen (secondary N) is 1. The standard InChI is InChI=1S/C19H33N3O3S/c1-16(23)22(14-7-13-21(5)6)15-12-20-26(24,25)18-10-8-17(9-11-18)19(2,3)4/h8-11,20H,7,12-15H2,1-6H3. The molecule has 0 aliphatic heterocycles. The largest absolute Gasteiger partial charge is 0.342 e. The molecule has 1 amide bonds. The van der Waals surface area contributed by atoms with Gasteiger partial charge in [-0.15, -0.1) is 0 Å². The van der Waals surface area contributed by atoms with E-state index in [2.05, 4.69) is 30.4 Å². The van der Waals surface area contributed by atoms with Gasteiger partial charge in [0.2, 0.25) is 15.9 Å². The zero-order valence-corrected chi connectivity index (χ0v) is 17.7. The van der Waals surface area contributed by atoms with E-state index in [9.17, 15) is 13.2 Å². The number of sulfonamides is 1. The molecule has 148 valence electrons. The summed E-state index contributed by atoms with van der Waals surface area (Å²) in [5, 5.41) is 0. The third kappa shape index (κ3) is 7.43. The van der Waals surface area contributed by atoms with Gasteiger partial charge in [-0.1, -0.05) is 32.9 Å². The Morgan fingerprint density at radius 1 is 1.04 bits per heavy atom. The molecule has 6 nitrogen and oxygen atoms in total. The molecule has 26 heavy (non-hydrogen) atoms. The minimum Gasteiger partial charge on any atom is -0.342 e. The Morgan fingerprint density at radius 3 is 2.08 bits per heavy atom. The molecule has 0 aromatic heterocycles. The summed E-state index contributed by atoms with van der Waals surface area (Å²) in [6, 6.07) is 6.95. The van der Waals surface area contributed by atoms with Crippen molar-refractivity contribution in [2.75, 3.05) is 40.3 Å². The van der Waals surface area contributed by atoms with Crippen molar-refractivity contribution in [2.24, 2.45) is 0 Å². The first-order valence-corrected chi connectivity index (χ1v) is 10.4. The Bertz CT molecular complexity index is 677. The van der Waals surface area contributed by atoms with E-state index in [0.717, 1.165) is 18.5 Å². The molecule has 0 atom stereocenters. The fourth-order valence-corrected chi connectivity index (χ4v) is 3.56. The number of amides is 1. The fourth-order valence-electron chi connectivity index (χ4n) is 2.54. The highest BCUT2D eigenvalue weighted by Crippen LogP contribution is 2.23. The molecule has 7 heteroatoms. The number of benzene rings is 1. The van der Waals surface area contributed by atoms with Gasteiger partial charge in [0.15, 0.2) is 0 Å². The SMILES string of the molecule is CC(=O)N(CCCN(C)C)CCNS(=O)(=O)c1ccc(C(C)(C)C)cc1. The molecule has 0 heterocycles. The van der Waals surface area contributed by atoms with E-state index in [1.807, 2.05) is 26.2 Å². The summed E-state index contributed by atoms with van der Waals surface area (Å²) in [5.41, 5.74) is 1.06. The molecule has 1 N–H and O–H groups in total. The molecule has 0 saturated heterocycles. The van der Waals surface area contributed by atoms with Crippen LogP contribution in [0, 0.1) is 0 Å². The van der Waals surface area contributed by atoms with E-state index < -0.39 is 10.0 Å². The summed E-state index contributed by atoms with van der Waals surface area (Å²) in [6.07, 6.45) is 0.855. The molecule has 1 rings (SSSR count). The van der Waals surface area contributed by atoms with Gasteiger partial charge in [-0.3, -0.25) is 4.79 Å². The number of carbonyl (C=O) groups excluding carboxylic acids is 1. The van der Waals surface area contributed by atoms with Gasteiger partial charge in [0, 0.05) is 26.6 Å². The molecule has 0 aliphatic carbocycles. The molecule has 0 radical (unpaired) electrons. The van der Waals surface area contributed by atoms with Gasteiger partial charge in [-0.2, -0.15) is 0 Å². The molecule has 0 saturated carbocycles. The van der Waals surface area contributed by atoms with E-state index >= 15 is 0 Å². The monoisotopic (exact) mass is 383 g/mol. The summed E-state index contributed by atoms with van der Waals surface area (Å²) in [4.78, 5) is 15.7. The second kappa shape index (κ2) is 9.48. The fraction of sp³-hybridized carbons (Fsp3) is 0.632. The molecule has 0 unspecified atom stereocenters. The summed E-state index contributed by atoms with van der Waals surface area (Å²) >= 11 is 0. The van der Waals surface area contributed by atoms with Crippen LogP contribution in [0.15, 0.2) is 29.2 Å². The Kier molecular flexibility index (Phi) is 8.24. The van der Waals surface area contributed by atoms with Crippen LogP contribution in [-0.2, 0) is 20.2 Å². The minimum absolute atomic E-state index is 0.0235. The first-order valence-electron chi connectivity index (χ1n) is 8.94. The smallest absolute Gasteiger partial charge is 0.240 e. The number of carbonyl (C=O) groups is 1. The predicted octanol–water partition coefficient (Wildman–Crippen LogP) is 2.06. The zero-order valence-electron chi connectivity index (χ0n) is 16.9. The predicted molar refractivity (Wildman–Crippen MR) is 106 cm³/mol. The molecular formula is C19H33N3O3S. The average Bonchev–Trinajstić information content (AvgIpc) is 2.52. The van der Waals surface area contributed by atoms with Crippen molar-refractivity contribution >= 4 is 15.9 Å². The van der Waals surface area contributed by atoms with Crippen molar-refractivity contribution in [1.29, 1.82) is 0 Å². The summed E-state index contributed by atoms with van der Waals surface area (Å²) < 4.78 is 27.4. The first kappa shape index (κ1) is 22.6. The quantitative estimate of drug-likeness (QED) is 0.709. The molecule has 0 spiro atoms. The van der Waals surface area contributed by atoms with Crippen LogP contribution in [0.25, 0.3) is 0 Å². The van der Waals surface area contributed by atoms with E-state index in [4.69, 9.17) is 0 Å². The normalized spacial score (nSPS) is 12.4. The van der Waals surface area contributed by atoms with Crippen LogP contribution in [0.2, 0.25) is 0 Å². The Balaban J connectivity index is 2.62. The summed E-state index contributed by atoms with van der Waals surface area (Å²) in [7, 11) is 0.393. The highest BCUT2D eigenvalue weighted by molar-refractivity contribution is 7.89. The van der Waals surface area contributed by atoms with E-state index in [1.165, 1.54) is 6.92 Å². The first-order chi connectivity index (χ1) is 11.9. The summed E-state index contributed by atoms with van der Waals surface area (Å²) in [5.74, 6) is -0.0440. The molecular weight excluding hydrogens is 350 g/mol. The van der Waals surface area contributed by atoms with Crippen molar-refractivity contribution in [3.05, 3.63) is 29.8 Å². The van der Waals surface area contributed by atoms with Crippen molar-refractivity contribution in [1.82, 2.24) is 14.5 Å². The molecule has 0 aliphatic rings. The summed E-state index contributed by atoms with van der Waals surface area (Å²) in [6.45, 7) is 9.83. The van der Waals surface area contributed by atoms with Crippen molar-refractivity contribution < 1.29 is 13.2 Å². The van der Waals surface area contributed by atoms with Crippen LogP contribution in [-0.4, -0.2) is 64.4 Å². The van der Waals surface area contributed by atoms with Crippen molar-refractivity contribution in [3.8, 4) is 0 Å². The highest BCUT2D eigenvalue weighted by atomic mass is 32.2. The van der Waals surface area contributed by atoms with Gasteiger partial charge in [0.25, 0.3) is 0 Å². The lowest BCUT2D eigenvalue weighted by atomic mass is 9.87. The second-order valence-electron chi connectivity index (χ2n) is 7.84. The third-order valence-corrected chi connectivity index (χ3v) is 5.66. The maximum atomic E-state index is 12.4. The number of nitrogens with zero attached hydrogens (tertiary/aromatic N) is 2. The van der Waals surface area contributed by atoms with Crippen LogP contribution in [0.3, 0.4) is 0 Å². The van der Waals surface area contributed by atoms with Gasteiger partial charge in [-0.25, -0.2) is 13.1 Å². The third-order valence-electron chi connectivity index (χ3n) is 4.18. The van der Waals surface area contributed by atoms with Gasteiger partial charge in [-0.05, 0) is 50.2 Å².